The van der Waals surface area contributed by atoms with Gasteiger partial charge >= 0.3 is 12.0 Å². The van der Waals surface area contributed by atoms with Crippen molar-refractivity contribution in [3.05, 3.63) is 17.5 Å². The normalized spacial score (nSPS) is 13.5. The van der Waals surface area contributed by atoms with E-state index in [1.807, 2.05) is 24.6 Å². The minimum absolute atomic E-state index is 0.308. The van der Waals surface area contributed by atoms with Crippen molar-refractivity contribution >= 4 is 12.0 Å². The van der Waals surface area contributed by atoms with Gasteiger partial charge in [0.05, 0.1) is 17.9 Å². The van der Waals surface area contributed by atoms with E-state index >= 15 is 0 Å². The van der Waals surface area contributed by atoms with Crippen LogP contribution in [0.1, 0.15) is 45.5 Å². The van der Waals surface area contributed by atoms with Gasteiger partial charge in [0.15, 0.2) is 0 Å². The lowest BCUT2D eigenvalue weighted by molar-refractivity contribution is -0.143. The monoisotopic (exact) mass is 296 g/mol. The van der Waals surface area contributed by atoms with Crippen molar-refractivity contribution in [1.82, 2.24) is 20.4 Å². The van der Waals surface area contributed by atoms with Crippen LogP contribution in [0.4, 0.5) is 4.79 Å². The van der Waals surface area contributed by atoms with Gasteiger partial charge < -0.3 is 15.7 Å². The van der Waals surface area contributed by atoms with Crippen LogP contribution in [0.25, 0.3) is 0 Å². The number of urea groups is 1. The Labute approximate surface area is 124 Å². The van der Waals surface area contributed by atoms with Crippen molar-refractivity contribution in [1.29, 1.82) is 0 Å². The number of amides is 2. The first-order valence-electron chi connectivity index (χ1n) is 7.21. The molecular formula is C14H24N4O3. The van der Waals surface area contributed by atoms with Crippen molar-refractivity contribution in [3.63, 3.8) is 0 Å². The van der Waals surface area contributed by atoms with E-state index < -0.39 is 17.5 Å². The molecule has 1 atom stereocenters. The number of nitrogens with one attached hydrogen (secondary N) is 2. The van der Waals surface area contributed by atoms with Crippen molar-refractivity contribution in [2.75, 3.05) is 0 Å². The van der Waals surface area contributed by atoms with E-state index in [4.69, 9.17) is 5.11 Å². The van der Waals surface area contributed by atoms with Crippen LogP contribution in [0, 0.1) is 0 Å². The highest BCUT2D eigenvalue weighted by Crippen LogP contribution is 2.09. The van der Waals surface area contributed by atoms with Gasteiger partial charge in [0.25, 0.3) is 0 Å². The lowest BCUT2D eigenvalue weighted by atomic mass is 10.00. The Morgan fingerprint density at radius 1 is 1.38 bits per heavy atom. The van der Waals surface area contributed by atoms with Crippen molar-refractivity contribution in [2.24, 2.45) is 0 Å². The number of aryl methyl sites for hydroxylation is 2. The summed E-state index contributed by atoms with van der Waals surface area (Å²) in [5, 5.41) is 18.7. The molecule has 2 amide bonds. The number of carbonyl (C=O) groups is 2. The van der Waals surface area contributed by atoms with Crippen LogP contribution < -0.4 is 10.6 Å². The zero-order valence-corrected chi connectivity index (χ0v) is 13.1. The van der Waals surface area contributed by atoms with Crippen LogP contribution in [0.15, 0.2) is 6.07 Å². The Morgan fingerprint density at radius 2 is 2.05 bits per heavy atom. The molecule has 1 aromatic heterocycles. The second-order valence-corrected chi connectivity index (χ2v) is 5.09. The number of nitrogens with zero attached hydrogens (tertiary/aromatic N) is 2. The Hall–Kier alpha value is -2.05. The van der Waals surface area contributed by atoms with Gasteiger partial charge in [-0.25, -0.2) is 9.59 Å². The summed E-state index contributed by atoms with van der Waals surface area (Å²) in [4.78, 5) is 23.0. The van der Waals surface area contributed by atoms with Gasteiger partial charge in [-0.15, -0.1) is 0 Å². The molecule has 0 fully saturated rings. The van der Waals surface area contributed by atoms with Gasteiger partial charge in [0.2, 0.25) is 0 Å². The molecule has 1 heterocycles. The Balaban J connectivity index is 2.65. The van der Waals surface area contributed by atoms with Crippen molar-refractivity contribution in [3.8, 4) is 0 Å². The second-order valence-electron chi connectivity index (χ2n) is 5.09. The Kier molecular flexibility index (Phi) is 5.75. The molecule has 118 valence electrons. The predicted molar refractivity (Wildman–Crippen MR) is 79.0 cm³/mol. The van der Waals surface area contributed by atoms with E-state index in [-0.39, 0.29) is 0 Å². The minimum Gasteiger partial charge on any atom is -0.480 e. The lowest BCUT2D eigenvalue weighted by Crippen LogP contribution is -2.54. The molecule has 0 bridgehead atoms. The fourth-order valence-corrected chi connectivity index (χ4v) is 1.86. The Bertz CT molecular complexity index is 512. The highest BCUT2D eigenvalue weighted by molar-refractivity contribution is 5.85. The molecule has 0 aliphatic carbocycles. The smallest absolute Gasteiger partial charge is 0.329 e. The highest BCUT2D eigenvalue weighted by atomic mass is 16.4. The van der Waals surface area contributed by atoms with E-state index in [0.717, 1.165) is 24.4 Å². The zero-order valence-electron chi connectivity index (χ0n) is 13.1. The molecule has 3 N–H and O–H groups in total. The molecule has 0 spiro atoms. The number of rotatable bonds is 7. The third-order valence-electron chi connectivity index (χ3n) is 3.57. The quantitative estimate of drug-likeness (QED) is 0.710. The molecule has 0 saturated carbocycles. The van der Waals surface area contributed by atoms with E-state index in [1.165, 1.54) is 6.92 Å². The van der Waals surface area contributed by atoms with E-state index in [9.17, 15) is 9.59 Å². The summed E-state index contributed by atoms with van der Waals surface area (Å²) in [6.07, 6.45) is 1.14. The molecule has 0 aliphatic rings. The maximum absolute atomic E-state index is 11.9. The molecule has 0 aliphatic heterocycles. The topological polar surface area (TPSA) is 96.3 Å². The summed E-state index contributed by atoms with van der Waals surface area (Å²) in [5.74, 6) is -1.05. The van der Waals surface area contributed by atoms with Crippen LogP contribution in [-0.4, -0.2) is 32.4 Å². The van der Waals surface area contributed by atoms with Crippen molar-refractivity contribution < 1.29 is 14.7 Å². The van der Waals surface area contributed by atoms with Gasteiger partial charge in [-0.3, -0.25) is 4.68 Å². The molecule has 1 unspecified atom stereocenters. The number of aliphatic carboxylic acids is 1. The van der Waals surface area contributed by atoms with Gasteiger partial charge in [0, 0.05) is 6.54 Å². The fourth-order valence-electron chi connectivity index (χ4n) is 1.86. The number of carboxylic acid groups (broad SMARTS) is 1. The molecular weight excluding hydrogens is 272 g/mol. The summed E-state index contributed by atoms with van der Waals surface area (Å²) < 4.78 is 1.83. The molecule has 0 aromatic carbocycles. The SMILES string of the molecule is CCc1cc(CNC(=O)NC(C)(CC)C(=O)O)n(CC)n1. The maximum Gasteiger partial charge on any atom is 0.329 e. The molecule has 0 radical (unpaired) electrons. The van der Waals surface area contributed by atoms with E-state index in [0.29, 0.717) is 13.0 Å². The summed E-state index contributed by atoms with van der Waals surface area (Å²) in [7, 11) is 0. The summed E-state index contributed by atoms with van der Waals surface area (Å²) in [5.41, 5.74) is 0.611. The van der Waals surface area contributed by atoms with Gasteiger partial charge in [-0.1, -0.05) is 13.8 Å². The first-order chi connectivity index (χ1) is 9.86. The van der Waals surface area contributed by atoms with Crippen molar-refractivity contribution in [2.45, 2.75) is 59.2 Å². The van der Waals surface area contributed by atoms with Crippen LogP contribution in [0.5, 0.6) is 0 Å². The van der Waals surface area contributed by atoms with Gasteiger partial charge in [-0.2, -0.15) is 5.10 Å². The first-order valence-corrected chi connectivity index (χ1v) is 7.21. The largest absolute Gasteiger partial charge is 0.480 e. The van der Waals surface area contributed by atoms with E-state index in [1.54, 1.807) is 6.92 Å². The molecule has 1 rings (SSSR count). The average molecular weight is 296 g/mol. The molecule has 0 saturated heterocycles. The average Bonchev–Trinajstić information content (AvgIpc) is 2.87. The van der Waals surface area contributed by atoms with Crippen LogP contribution in [0.2, 0.25) is 0 Å². The highest BCUT2D eigenvalue weighted by Gasteiger charge is 2.32. The standard InChI is InChI=1S/C14H24N4O3/c1-5-10-8-11(18(7-3)17-10)9-15-13(21)16-14(4,6-2)12(19)20/h8H,5-7,9H2,1-4H3,(H,19,20)(H2,15,16,21). The molecule has 7 nitrogen and oxygen atoms in total. The molecule has 21 heavy (non-hydrogen) atoms. The molecule has 7 heteroatoms. The van der Waals surface area contributed by atoms with Gasteiger partial charge in [-0.05, 0) is 32.8 Å². The minimum atomic E-state index is -1.26. The number of carboxylic acids is 1. The number of hydrogen-bond acceptors (Lipinski definition) is 3. The van der Waals surface area contributed by atoms with Crippen LogP contribution in [0.3, 0.4) is 0 Å². The third-order valence-corrected chi connectivity index (χ3v) is 3.57. The van der Waals surface area contributed by atoms with Gasteiger partial charge in [0.1, 0.15) is 5.54 Å². The third kappa shape index (κ3) is 4.21. The number of hydrogen-bond donors (Lipinski definition) is 3. The summed E-state index contributed by atoms with van der Waals surface area (Å²) >= 11 is 0. The Morgan fingerprint density at radius 3 is 2.52 bits per heavy atom. The number of carbonyl (C=O) groups excluding carboxylic acids is 1. The second kappa shape index (κ2) is 7.10. The molecule has 1 aromatic rings. The van der Waals surface area contributed by atoms with Crippen LogP contribution in [-0.2, 0) is 24.3 Å². The maximum atomic E-state index is 11.9. The van der Waals surface area contributed by atoms with E-state index in [2.05, 4.69) is 15.7 Å². The predicted octanol–water partition coefficient (Wildman–Crippen LogP) is 1.52. The fraction of sp³-hybridized carbons (Fsp3) is 0.643. The number of aromatic nitrogens is 2. The first kappa shape index (κ1) is 17.0. The summed E-state index contributed by atoms with van der Waals surface area (Å²) in [6.45, 7) is 8.24. The summed E-state index contributed by atoms with van der Waals surface area (Å²) in [6, 6.07) is 1.45. The lowest BCUT2D eigenvalue weighted by Gasteiger charge is -2.24. The van der Waals surface area contributed by atoms with Crippen LogP contribution >= 0.6 is 0 Å². The zero-order chi connectivity index (χ0) is 16.0.